The van der Waals surface area contributed by atoms with E-state index in [1.807, 2.05) is 17.0 Å². The summed E-state index contributed by atoms with van der Waals surface area (Å²) < 4.78 is 10.7. The molecule has 0 saturated carbocycles. The van der Waals surface area contributed by atoms with E-state index in [4.69, 9.17) is 9.47 Å². The van der Waals surface area contributed by atoms with Gasteiger partial charge < -0.3 is 19.3 Å². The molecule has 1 atom stereocenters. The van der Waals surface area contributed by atoms with Gasteiger partial charge in [-0.2, -0.15) is 0 Å². The first-order chi connectivity index (χ1) is 17.5. The van der Waals surface area contributed by atoms with Gasteiger partial charge in [-0.3, -0.25) is 9.59 Å². The van der Waals surface area contributed by atoms with Crippen LogP contribution in [-0.4, -0.2) is 55.5 Å². The Morgan fingerprint density at radius 1 is 1.06 bits per heavy atom. The van der Waals surface area contributed by atoms with Crippen LogP contribution >= 0.6 is 11.3 Å². The lowest BCUT2D eigenvalue weighted by Gasteiger charge is -2.38. The van der Waals surface area contributed by atoms with Crippen molar-refractivity contribution < 1.29 is 19.1 Å². The fraction of sp³-hybridized carbons (Fsp3) is 0.379. The highest BCUT2D eigenvalue weighted by molar-refractivity contribution is 7.10. The zero-order chi connectivity index (χ0) is 25.7. The van der Waals surface area contributed by atoms with Crippen LogP contribution in [0.5, 0.6) is 11.5 Å². The Hall–Kier alpha value is -3.32. The van der Waals surface area contributed by atoms with Crippen LogP contribution in [0.15, 0.2) is 53.9 Å². The van der Waals surface area contributed by atoms with Crippen molar-refractivity contribution >= 4 is 23.2 Å². The summed E-state index contributed by atoms with van der Waals surface area (Å²) in [6, 6.07) is 15.4. The van der Waals surface area contributed by atoms with Gasteiger partial charge in [-0.25, -0.2) is 0 Å². The maximum absolute atomic E-state index is 13.9. The highest BCUT2D eigenvalue weighted by Gasteiger charge is 2.34. The highest BCUT2D eigenvalue weighted by atomic mass is 32.1. The molecule has 2 amide bonds. The number of hydrogen-bond donors (Lipinski definition) is 0. The van der Waals surface area contributed by atoms with E-state index in [1.165, 1.54) is 10.4 Å². The first-order valence-corrected chi connectivity index (χ1v) is 13.3. The van der Waals surface area contributed by atoms with E-state index in [0.717, 1.165) is 30.4 Å². The number of nitrogens with zero attached hydrogens (tertiary/aromatic N) is 2. The van der Waals surface area contributed by atoms with Gasteiger partial charge in [0, 0.05) is 29.6 Å². The van der Waals surface area contributed by atoms with Crippen LogP contribution in [0, 0.1) is 6.92 Å². The van der Waals surface area contributed by atoms with E-state index in [-0.39, 0.29) is 24.4 Å². The van der Waals surface area contributed by atoms with Crippen molar-refractivity contribution in [1.82, 2.24) is 9.80 Å². The van der Waals surface area contributed by atoms with Crippen molar-refractivity contribution in [2.24, 2.45) is 0 Å². The molecular weight excluding hydrogens is 472 g/mol. The summed E-state index contributed by atoms with van der Waals surface area (Å²) in [7, 11) is 3.12. The number of fused-ring (bicyclic) bond motifs is 1. The molecule has 0 radical (unpaired) electrons. The second-order valence-electron chi connectivity index (χ2n) is 9.08. The standard InChI is InChI=1S/C29H34N2O4S/c1-5-6-13-30(29(33)21-16-22(34-3)18-23(17-21)35-4)19-27(32)31-14-11-26-25(12-15-36-26)28(31)24-10-8-7-9-20(24)2/h7-10,12,15-18,28H,5-6,11,13-14,19H2,1-4H3. The van der Waals surface area contributed by atoms with Crippen LogP contribution in [0.4, 0.5) is 0 Å². The largest absolute Gasteiger partial charge is 0.497 e. The monoisotopic (exact) mass is 506 g/mol. The second-order valence-corrected chi connectivity index (χ2v) is 10.1. The van der Waals surface area contributed by atoms with Crippen molar-refractivity contribution in [2.75, 3.05) is 33.9 Å². The molecule has 36 heavy (non-hydrogen) atoms. The van der Waals surface area contributed by atoms with E-state index < -0.39 is 0 Å². The lowest BCUT2D eigenvalue weighted by atomic mass is 9.90. The van der Waals surface area contributed by atoms with Crippen LogP contribution in [0.25, 0.3) is 0 Å². The molecule has 1 aliphatic heterocycles. The average molecular weight is 507 g/mol. The molecule has 3 aromatic rings. The molecule has 0 aliphatic carbocycles. The van der Waals surface area contributed by atoms with Gasteiger partial charge in [0.2, 0.25) is 5.91 Å². The van der Waals surface area contributed by atoms with Gasteiger partial charge >= 0.3 is 0 Å². The Morgan fingerprint density at radius 2 is 1.78 bits per heavy atom. The lowest BCUT2D eigenvalue weighted by Crippen LogP contribution is -2.47. The summed E-state index contributed by atoms with van der Waals surface area (Å²) >= 11 is 1.75. The number of unbranched alkanes of at least 4 members (excludes halogenated alkanes) is 1. The molecule has 0 fully saturated rings. The summed E-state index contributed by atoms with van der Waals surface area (Å²) in [4.78, 5) is 32.4. The number of benzene rings is 2. The van der Waals surface area contributed by atoms with Gasteiger partial charge in [0.05, 0.1) is 20.3 Å². The smallest absolute Gasteiger partial charge is 0.254 e. The number of ether oxygens (including phenoxy) is 2. The third kappa shape index (κ3) is 5.41. The summed E-state index contributed by atoms with van der Waals surface area (Å²) in [6.07, 6.45) is 2.57. The van der Waals surface area contributed by atoms with Crippen LogP contribution in [0.2, 0.25) is 0 Å². The fourth-order valence-electron chi connectivity index (χ4n) is 4.78. The molecule has 6 nitrogen and oxygen atoms in total. The summed E-state index contributed by atoms with van der Waals surface area (Å²) in [6.45, 7) is 5.34. The van der Waals surface area contributed by atoms with Crippen molar-refractivity contribution in [3.05, 3.63) is 81.0 Å². The molecule has 1 unspecified atom stereocenters. The number of amides is 2. The molecular formula is C29H34N2O4S. The number of aryl methyl sites for hydroxylation is 1. The molecule has 0 saturated heterocycles. The van der Waals surface area contributed by atoms with Crippen molar-refractivity contribution in [3.63, 3.8) is 0 Å². The second kappa shape index (κ2) is 11.6. The minimum absolute atomic E-state index is 0.0280. The Bertz CT molecular complexity index is 1200. The minimum Gasteiger partial charge on any atom is -0.497 e. The van der Waals surface area contributed by atoms with Crippen molar-refractivity contribution in [1.29, 1.82) is 0 Å². The van der Waals surface area contributed by atoms with Crippen LogP contribution in [0.3, 0.4) is 0 Å². The van der Waals surface area contributed by atoms with Gasteiger partial charge in [0.25, 0.3) is 5.91 Å². The Morgan fingerprint density at radius 3 is 2.44 bits per heavy atom. The van der Waals surface area contributed by atoms with Gasteiger partial charge in [0.1, 0.15) is 18.0 Å². The topological polar surface area (TPSA) is 59.1 Å². The average Bonchev–Trinajstić information content (AvgIpc) is 3.39. The molecule has 2 heterocycles. The van der Waals surface area contributed by atoms with E-state index in [0.29, 0.717) is 30.2 Å². The predicted octanol–water partition coefficient (Wildman–Crippen LogP) is 5.49. The number of carbonyl (C=O) groups excluding carboxylic acids is 2. The fourth-order valence-corrected chi connectivity index (χ4v) is 5.69. The zero-order valence-electron chi connectivity index (χ0n) is 21.5. The summed E-state index contributed by atoms with van der Waals surface area (Å²) in [5.41, 5.74) is 3.93. The van der Waals surface area contributed by atoms with Crippen LogP contribution < -0.4 is 9.47 Å². The maximum Gasteiger partial charge on any atom is 0.254 e. The number of thiophene rings is 1. The third-order valence-electron chi connectivity index (χ3n) is 6.76. The van der Waals surface area contributed by atoms with E-state index in [2.05, 4.69) is 37.4 Å². The Kier molecular flexibility index (Phi) is 8.31. The summed E-state index contributed by atoms with van der Waals surface area (Å²) in [5.74, 6) is 0.842. The number of carbonyl (C=O) groups is 2. The quantitative estimate of drug-likeness (QED) is 0.385. The molecule has 0 N–H and O–H groups in total. The zero-order valence-corrected chi connectivity index (χ0v) is 22.3. The van der Waals surface area contributed by atoms with Gasteiger partial charge in [-0.15, -0.1) is 11.3 Å². The Labute approximate surface area is 217 Å². The molecule has 0 bridgehead atoms. The molecule has 4 rings (SSSR count). The van der Waals surface area contributed by atoms with Gasteiger partial charge in [-0.05, 0) is 60.0 Å². The Balaban J connectivity index is 1.64. The number of rotatable bonds is 9. The third-order valence-corrected chi connectivity index (χ3v) is 7.76. The van der Waals surface area contributed by atoms with Crippen molar-refractivity contribution in [2.45, 2.75) is 39.2 Å². The molecule has 190 valence electrons. The van der Waals surface area contributed by atoms with Crippen LogP contribution in [0.1, 0.15) is 57.7 Å². The van der Waals surface area contributed by atoms with Gasteiger partial charge in [-0.1, -0.05) is 37.6 Å². The maximum atomic E-state index is 13.9. The molecule has 1 aromatic heterocycles. The first-order valence-electron chi connectivity index (χ1n) is 12.4. The number of hydrogen-bond acceptors (Lipinski definition) is 5. The predicted molar refractivity (Wildman–Crippen MR) is 143 cm³/mol. The first kappa shape index (κ1) is 25.8. The lowest BCUT2D eigenvalue weighted by molar-refractivity contribution is -0.134. The van der Waals surface area contributed by atoms with E-state index >= 15 is 0 Å². The van der Waals surface area contributed by atoms with Gasteiger partial charge in [0.15, 0.2) is 0 Å². The normalized spacial score (nSPS) is 14.8. The summed E-state index contributed by atoms with van der Waals surface area (Å²) in [5, 5.41) is 2.11. The van der Waals surface area contributed by atoms with E-state index in [9.17, 15) is 9.59 Å². The molecule has 2 aromatic carbocycles. The van der Waals surface area contributed by atoms with E-state index in [1.54, 1.807) is 48.7 Å². The minimum atomic E-state index is -0.199. The number of methoxy groups -OCH3 is 2. The van der Waals surface area contributed by atoms with Crippen LogP contribution in [-0.2, 0) is 11.2 Å². The SMILES string of the molecule is CCCCN(CC(=O)N1CCc2sccc2C1c1ccccc1C)C(=O)c1cc(OC)cc(OC)c1. The molecule has 7 heteroatoms. The molecule has 0 spiro atoms. The molecule has 1 aliphatic rings. The van der Waals surface area contributed by atoms with Crippen molar-refractivity contribution in [3.8, 4) is 11.5 Å². The highest BCUT2D eigenvalue weighted by Crippen LogP contribution is 2.39.